The predicted octanol–water partition coefficient (Wildman–Crippen LogP) is 12.4. The Morgan fingerprint density at radius 2 is 0.824 bits per heavy atom. The van der Waals surface area contributed by atoms with Gasteiger partial charge in [-0.1, -0.05) is 152 Å². The molecule has 0 aliphatic heterocycles. The van der Waals surface area contributed by atoms with E-state index in [9.17, 15) is 0 Å². The molecule has 238 valence electrons. The second kappa shape index (κ2) is 11.9. The molecule has 0 fully saturated rings. The van der Waals surface area contributed by atoms with Crippen molar-refractivity contribution < 1.29 is 4.42 Å². The third-order valence-corrected chi connectivity index (χ3v) is 9.73. The van der Waals surface area contributed by atoms with Crippen LogP contribution in [-0.4, -0.2) is 15.0 Å². The Labute approximate surface area is 294 Å². The molecule has 0 radical (unpaired) electrons. The first-order valence-corrected chi connectivity index (χ1v) is 17.1. The highest BCUT2D eigenvalue weighted by Crippen LogP contribution is 2.40. The van der Waals surface area contributed by atoms with Crippen LogP contribution in [-0.2, 0) is 0 Å². The third-order valence-electron chi connectivity index (χ3n) is 9.73. The topological polar surface area (TPSA) is 51.8 Å². The van der Waals surface area contributed by atoms with Crippen LogP contribution in [0.2, 0.25) is 0 Å². The van der Waals surface area contributed by atoms with Gasteiger partial charge in [-0.15, -0.1) is 0 Å². The van der Waals surface area contributed by atoms with Gasteiger partial charge in [-0.05, 0) is 68.1 Å². The molecule has 0 aliphatic carbocycles. The van der Waals surface area contributed by atoms with E-state index in [0.717, 1.165) is 55.3 Å². The maximum atomic E-state index is 6.41. The molecule has 51 heavy (non-hydrogen) atoms. The average molecular weight is 652 g/mol. The van der Waals surface area contributed by atoms with E-state index < -0.39 is 0 Å². The number of fused-ring (bicyclic) bond motifs is 6. The molecular formula is C47H29N3O. The molecule has 8 aromatic carbocycles. The van der Waals surface area contributed by atoms with Crippen molar-refractivity contribution in [3.63, 3.8) is 0 Å². The van der Waals surface area contributed by atoms with Crippen molar-refractivity contribution in [2.45, 2.75) is 0 Å². The van der Waals surface area contributed by atoms with Gasteiger partial charge in [-0.3, -0.25) is 0 Å². The Balaban J connectivity index is 1.07. The van der Waals surface area contributed by atoms with Gasteiger partial charge in [0.15, 0.2) is 17.5 Å². The van der Waals surface area contributed by atoms with Gasteiger partial charge in [0, 0.05) is 27.5 Å². The number of rotatable bonds is 5. The van der Waals surface area contributed by atoms with E-state index in [4.69, 9.17) is 19.4 Å². The summed E-state index contributed by atoms with van der Waals surface area (Å²) in [4.78, 5) is 14.7. The van der Waals surface area contributed by atoms with Gasteiger partial charge in [0.05, 0.1) is 0 Å². The molecule has 0 N–H and O–H groups in total. The van der Waals surface area contributed by atoms with Crippen LogP contribution < -0.4 is 0 Å². The number of aromatic nitrogens is 3. The van der Waals surface area contributed by atoms with Crippen LogP contribution in [0.5, 0.6) is 0 Å². The molecule has 2 aromatic heterocycles. The number of hydrogen-bond donors (Lipinski definition) is 0. The Bertz CT molecular complexity index is 2840. The minimum atomic E-state index is 0.633. The van der Waals surface area contributed by atoms with Crippen LogP contribution in [0.25, 0.3) is 99.9 Å². The van der Waals surface area contributed by atoms with E-state index in [1.165, 1.54) is 27.1 Å². The normalized spacial score (nSPS) is 11.5. The summed E-state index contributed by atoms with van der Waals surface area (Å²) in [5.41, 5.74) is 9.10. The Kier molecular flexibility index (Phi) is 6.78. The lowest BCUT2D eigenvalue weighted by Gasteiger charge is -2.10. The van der Waals surface area contributed by atoms with Gasteiger partial charge in [-0.2, -0.15) is 0 Å². The molecule has 0 spiro atoms. The van der Waals surface area contributed by atoms with Crippen molar-refractivity contribution in [3.05, 3.63) is 176 Å². The molecule has 0 bridgehead atoms. The van der Waals surface area contributed by atoms with Crippen LogP contribution in [0, 0.1) is 0 Å². The van der Waals surface area contributed by atoms with E-state index in [2.05, 4.69) is 115 Å². The van der Waals surface area contributed by atoms with Gasteiger partial charge in [0.1, 0.15) is 11.2 Å². The SMILES string of the molecule is c1ccc(-c2nc(-c3ccccc3)nc(-c3ccc(-c4cccc5oc6ccc(-c7ccc8ccc9ccccc9c8c7)cc6c45)cc3)n2)cc1. The first-order valence-electron chi connectivity index (χ1n) is 17.1. The lowest BCUT2D eigenvalue weighted by molar-refractivity contribution is 0.669. The monoisotopic (exact) mass is 651 g/mol. The predicted molar refractivity (Wildman–Crippen MR) is 209 cm³/mol. The summed E-state index contributed by atoms with van der Waals surface area (Å²) >= 11 is 0. The maximum Gasteiger partial charge on any atom is 0.164 e. The Morgan fingerprint density at radius 3 is 1.51 bits per heavy atom. The van der Waals surface area contributed by atoms with Crippen LogP contribution in [0.15, 0.2) is 180 Å². The highest BCUT2D eigenvalue weighted by molar-refractivity contribution is 6.14. The minimum absolute atomic E-state index is 0.633. The lowest BCUT2D eigenvalue weighted by Crippen LogP contribution is -2.00. The first-order chi connectivity index (χ1) is 25.2. The summed E-state index contributed by atoms with van der Waals surface area (Å²) in [6.07, 6.45) is 0. The molecule has 0 aliphatic rings. The maximum absolute atomic E-state index is 6.41. The van der Waals surface area contributed by atoms with E-state index in [-0.39, 0.29) is 0 Å². The highest BCUT2D eigenvalue weighted by Gasteiger charge is 2.16. The summed E-state index contributed by atoms with van der Waals surface area (Å²) < 4.78 is 6.41. The summed E-state index contributed by atoms with van der Waals surface area (Å²) in [5, 5.41) is 7.21. The third kappa shape index (κ3) is 5.13. The Morgan fingerprint density at radius 1 is 0.314 bits per heavy atom. The van der Waals surface area contributed by atoms with E-state index >= 15 is 0 Å². The van der Waals surface area contributed by atoms with Crippen LogP contribution >= 0.6 is 0 Å². The van der Waals surface area contributed by atoms with Crippen molar-refractivity contribution >= 4 is 43.5 Å². The van der Waals surface area contributed by atoms with Gasteiger partial charge in [0.2, 0.25) is 0 Å². The molecule has 0 unspecified atom stereocenters. The quantitative estimate of drug-likeness (QED) is 0.174. The van der Waals surface area contributed by atoms with Gasteiger partial charge < -0.3 is 4.42 Å². The average Bonchev–Trinajstić information content (AvgIpc) is 3.59. The fraction of sp³-hybridized carbons (Fsp3) is 0. The molecule has 2 heterocycles. The van der Waals surface area contributed by atoms with Gasteiger partial charge in [-0.25, -0.2) is 15.0 Å². The smallest absolute Gasteiger partial charge is 0.164 e. The number of hydrogen-bond acceptors (Lipinski definition) is 4. The van der Waals surface area contributed by atoms with Crippen LogP contribution in [0.1, 0.15) is 0 Å². The number of nitrogens with zero attached hydrogens (tertiary/aromatic N) is 3. The van der Waals surface area contributed by atoms with Gasteiger partial charge >= 0.3 is 0 Å². The Hall–Kier alpha value is -6.91. The van der Waals surface area contributed by atoms with Gasteiger partial charge in [0.25, 0.3) is 0 Å². The fourth-order valence-electron chi connectivity index (χ4n) is 7.17. The molecule has 0 saturated heterocycles. The number of benzene rings is 8. The van der Waals surface area contributed by atoms with Crippen LogP contribution in [0.3, 0.4) is 0 Å². The van der Waals surface area contributed by atoms with Crippen molar-refractivity contribution in [3.8, 4) is 56.4 Å². The zero-order valence-corrected chi connectivity index (χ0v) is 27.5. The second-order valence-corrected chi connectivity index (χ2v) is 12.8. The molecule has 0 saturated carbocycles. The fourth-order valence-corrected chi connectivity index (χ4v) is 7.17. The van der Waals surface area contributed by atoms with E-state index in [1.807, 2.05) is 60.7 Å². The molecule has 10 aromatic rings. The summed E-state index contributed by atoms with van der Waals surface area (Å²) in [5.74, 6) is 1.93. The zero-order chi connectivity index (χ0) is 33.7. The highest BCUT2D eigenvalue weighted by atomic mass is 16.3. The number of furan rings is 1. The second-order valence-electron chi connectivity index (χ2n) is 12.8. The van der Waals surface area contributed by atoms with Crippen molar-refractivity contribution in [1.29, 1.82) is 0 Å². The van der Waals surface area contributed by atoms with Crippen molar-refractivity contribution in [2.75, 3.05) is 0 Å². The summed E-state index contributed by atoms with van der Waals surface area (Å²) in [7, 11) is 0. The summed E-state index contributed by atoms with van der Waals surface area (Å²) in [6.45, 7) is 0. The molecular weight excluding hydrogens is 623 g/mol. The largest absolute Gasteiger partial charge is 0.456 e. The molecule has 0 atom stereocenters. The zero-order valence-electron chi connectivity index (χ0n) is 27.5. The minimum Gasteiger partial charge on any atom is -0.456 e. The van der Waals surface area contributed by atoms with E-state index in [1.54, 1.807) is 0 Å². The first kappa shape index (κ1) is 29.0. The van der Waals surface area contributed by atoms with Crippen molar-refractivity contribution in [1.82, 2.24) is 15.0 Å². The van der Waals surface area contributed by atoms with Crippen molar-refractivity contribution in [2.24, 2.45) is 0 Å². The summed E-state index contributed by atoms with van der Waals surface area (Å²) in [6, 6.07) is 61.2. The standard InChI is InChI=1S/C47H29N3O/c1-3-11-33(12-4-1)45-48-46(34-13-5-2-6-14-34)50-47(49-45)35-23-20-31(21-24-35)39-16-9-17-43-44(39)41-29-37(26-27-42(41)51-43)36-25-22-32-19-18-30-10-7-8-15-38(30)40(32)28-36/h1-29H. The molecule has 4 heteroatoms. The molecule has 10 rings (SSSR count). The molecule has 0 amide bonds. The van der Waals surface area contributed by atoms with E-state index in [0.29, 0.717) is 17.5 Å². The van der Waals surface area contributed by atoms with Crippen LogP contribution in [0.4, 0.5) is 0 Å². The lowest BCUT2D eigenvalue weighted by atomic mass is 9.95. The molecule has 4 nitrogen and oxygen atoms in total.